The molecule has 0 unspecified atom stereocenters. The number of aromatic hydroxyl groups is 1. The van der Waals surface area contributed by atoms with Gasteiger partial charge in [-0.1, -0.05) is 42.5 Å². The smallest absolute Gasteiger partial charge is 0.316 e. The highest BCUT2D eigenvalue weighted by molar-refractivity contribution is 5.94. The average Bonchev–Trinajstić information content (AvgIpc) is 3.19. The lowest BCUT2D eigenvalue weighted by Crippen LogP contribution is -2.01. The Hall–Kier alpha value is -4.13. The monoisotopic (exact) mass is 370 g/mol. The fourth-order valence-electron chi connectivity index (χ4n) is 2.84. The van der Waals surface area contributed by atoms with Crippen LogP contribution in [0.4, 0.5) is 0 Å². The summed E-state index contributed by atoms with van der Waals surface area (Å²) in [5.74, 6) is 0.182. The maximum Gasteiger partial charge on any atom is 0.316 e. The van der Waals surface area contributed by atoms with Gasteiger partial charge in [0.05, 0.1) is 11.3 Å². The Morgan fingerprint density at radius 3 is 2.25 bits per heavy atom. The molecule has 4 rings (SSSR count). The number of phenolic OH excluding ortho intramolecular Hbond substituents is 1. The first-order valence-corrected chi connectivity index (χ1v) is 8.46. The molecule has 3 aromatic carbocycles. The van der Waals surface area contributed by atoms with E-state index in [0.29, 0.717) is 22.9 Å². The molecule has 136 valence electrons. The SMILES string of the molecule is O=NC(=O)c1ccc(-n2nc(-c3ccccc3)nc2-c2ccccc2O)cc1. The number of amides is 1. The van der Waals surface area contributed by atoms with Gasteiger partial charge in [0.1, 0.15) is 5.75 Å². The van der Waals surface area contributed by atoms with E-state index in [-0.39, 0.29) is 11.3 Å². The molecule has 28 heavy (non-hydrogen) atoms. The van der Waals surface area contributed by atoms with Gasteiger partial charge in [-0.3, -0.25) is 4.79 Å². The van der Waals surface area contributed by atoms with Crippen molar-refractivity contribution in [1.82, 2.24) is 14.8 Å². The lowest BCUT2D eigenvalue weighted by Gasteiger charge is -2.07. The molecule has 0 fully saturated rings. The highest BCUT2D eigenvalue weighted by atomic mass is 16.3. The molecule has 0 radical (unpaired) electrons. The van der Waals surface area contributed by atoms with Crippen LogP contribution in [-0.2, 0) is 0 Å². The molecule has 1 amide bonds. The molecule has 7 nitrogen and oxygen atoms in total. The number of benzene rings is 3. The van der Waals surface area contributed by atoms with Crippen LogP contribution in [0.25, 0.3) is 28.5 Å². The summed E-state index contributed by atoms with van der Waals surface area (Å²) < 4.78 is 1.58. The summed E-state index contributed by atoms with van der Waals surface area (Å²) in [5.41, 5.74) is 2.16. The van der Waals surface area contributed by atoms with E-state index >= 15 is 0 Å². The first kappa shape index (κ1) is 17.3. The van der Waals surface area contributed by atoms with Gasteiger partial charge in [-0.25, -0.2) is 9.67 Å². The summed E-state index contributed by atoms with van der Waals surface area (Å²) >= 11 is 0. The second-order valence-electron chi connectivity index (χ2n) is 6.00. The molecule has 0 atom stereocenters. The van der Waals surface area contributed by atoms with Crippen molar-refractivity contribution in [2.75, 3.05) is 0 Å². The molecule has 0 aliphatic rings. The van der Waals surface area contributed by atoms with Crippen molar-refractivity contribution in [1.29, 1.82) is 0 Å². The third kappa shape index (κ3) is 3.16. The Labute approximate surface area is 159 Å². The number of carbonyl (C=O) groups is 1. The zero-order valence-electron chi connectivity index (χ0n) is 14.6. The molecule has 0 bridgehead atoms. The van der Waals surface area contributed by atoms with E-state index < -0.39 is 5.91 Å². The molecule has 0 aliphatic heterocycles. The van der Waals surface area contributed by atoms with Gasteiger partial charge in [0.2, 0.25) is 0 Å². The topological polar surface area (TPSA) is 97.4 Å². The van der Waals surface area contributed by atoms with Crippen LogP contribution < -0.4 is 0 Å². The second-order valence-corrected chi connectivity index (χ2v) is 6.00. The predicted molar refractivity (Wildman–Crippen MR) is 104 cm³/mol. The van der Waals surface area contributed by atoms with Crippen molar-refractivity contribution in [3.8, 4) is 34.2 Å². The summed E-state index contributed by atoms with van der Waals surface area (Å²) in [6.07, 6.45) is 0. The van der Waals surface area contributed by atoms with Crippen molar-refractivity contribution in [3.63, 3.8) is 0 Å². The molecular formula is C21H14N4O3. The van der Waals surface area contributed by atoms with Crippen LogP contribution in [-0.4, -0.2) is 25.8 Å². The number of phenols is 1. The number of aromatic nitrogens is 3. The number of hydrogen-bond donors (Lipinski definition) is 1. The van der Waals surface area contributed by atoms with Crippen molar-refractivity contribution in [3.05, 3.63) is 89.3 Å². The Bertz CT molecular complexity index is 1150. The highest BCUT2D eigenvalue weighted by Gasteiger charge is 2.17. The van der Waals surface area contributed by atoms with Crippen LogP contribution in [0.1, 0.15) is 10.4 Å². The zero-order valence-corrected chi connectivity index (χ0v) is 14.6. The number of carbonyl (C=O) groups excluding carboxylic acids is 1. The van der Waals surface area contributed by atoms with Crippen LogP contribution in [0.3, 0.4) is 0 Å². The number of rotatable bonds is 4. The quantitative estimate of drug-likeness (QED) is 0.543. The number of nitroso groups, excluding NO2 is 1. The van der Waals surface area contributed by atoms with Crippen molar-refractivity contribution >= 4 is 5.91 Å². The van der Waals surface area contributed by atoms with Gasteiger partial charge in [0, 0.05) is 16.3 Å². The minimum absolute atomic E-state index is 0.0766. The molecule has 7 heteroatoms. The Morgan fingerprint density at radius 1 is 0.893 bits per heavy atom. The second kappa shape index (κ2) is 7.24. The summed E-state index contributed by atoms with van der Waals surface area (Å²) in [7, 11) is 0. The van der Waals surface area contributed by atoms with E-state index in [1.165, 1.54) is 12.1 Å². The molecule has 1 aromatic heterocycles. The van der Waals surface area contributed by atoms with Crippen molar-refractivity contribution < 1.29 is 9.90 Å². The van der Waals surface area contributed by atoms with Gasteiger partial charge in [-0.2, -0.15) is 0 Å². The molecule has 4 aromatic rings. The average molecular weight is 370 g/mol. The number of para-hydroxylation sites is 1. The molecule has 0 saturated carbocycles. The van der Waals surface area contributed by atoms with E-state index in [4.69, 9.17) is 0 Å². The van der Waals surface area contributed by atoms with Gasteiger partial charge < -0.3 is 5.11 Å². The molecule has 1 heterocycles. The first-order valence-electron chi connectivity index (χ1n) is 8.46. The summed E-state index contributed by atoms with van der Waals surface area (Å²) in [6, 6.07) is 22.6. The number of hydrogen-bond acceptors (Lipinski definition) is 5. The predicted octanol–water partition coefficient (Wildman–Crippen LogP) is 4.21. The van der Waals surface area contributed by atoms with Crippen molar-refractivity contribution in [2.45, 2.75) is 0 Å². The van der Waals surface area contributed by atoms with Crippen molar-refractivity contribution in [2.24, 2.45) is 5.18 Å². The van der Waals surface area contributed by atoms with E-state index in [0.717, 1.165) is 5.56 Å². The fraction of sp³-hybridized carbons (Fsp3) is 0. The van der Waals surface area contributed by atoms with E-state index in [1.54, 1.807) is 41.1 Å². The Kier molecular flexibility index (Phi) is 4.47. The van der Waals surface area contributed by atoms with Crippen LogP contribution in [0.15, 0.2) is 84.0 Å². The Balaban J connectivity index is 1.88. The third-order valence-electron chi connectivity index (χ3n) is 4.23. The maximum absolute atomic E-state index is 11.4. The number of nitrogens with zero attached hydrogens (tertiary/aromatic N) is 4. The minimum Gasteiger partial charge on any atom is -0.507 e. The lowest BCUT2D eigenvalue weighted by atomic mass is 10.1. The molecule has 1 N–H and O–H groups in total. The van der Waals surface area contributed by atoms with Gasteiger partial charge in [-0.05, 0) is 36.4 Å². The molecule has 0 saturated heterocycles. The van der Waals surface area contributed by atoms with Gasteiger partial charge >= 0.3 is 5.91 Å². The van der Waals surface area contributed by atoms with E-state index in [2.05, 4.69) is 15.3 Å². The van der Waals surface area contributed by atoms with Crippen LogP contribution >= 0.6 is 0 Å². The summed E-state index contributed by atoms with van der Waals surface area (Å²) in [6.45, 7) is 0. The van der Waals surface area contributed by atoms with Gasteiger partial charge in [-0.15, -0.1) is 10.0 Å². The van der Waals surface area contributed by atoms with Crippen LogP contribution in [0, 0.1) is 4.91 Å². The van der Waals surface area contributed by atoms with Gasteiger partial charge in [0.25, 0.3) is 0 Å². The largest absolute Gasteiger partial charge is 0.507 e. The van der Waals surface area contributed by atoms with E-state index in [9.17, 15) is 14.8 Å². The standard InChI is InChI=1S/C21H14N4O3/c26-18-9-5-4-8-17(18)20-22-19(14-6-2-1-3-7-14)23-25(20)16-12-10-15(11-13-16)21(27)24-28/h1-13,26H. The summed E-state index contributed by atoms with van der Waals surface area (Å²) in [5, 5.41) is 17.3. The minimum atomic E-state index is -0.837. The van der Waals surface area contributed by atoms with Crippen LogP contribution in [0.5, 0.6) is 5.75 Å². The maximum atomic E-state index is 11.4. The molecular weight excluding hydrogens is 356 g/mol. The lowest BCUT2D eigenvalue weighted by molar-refractivity contribution is 0.100. The fourth-order valence-corrected chi connectivity index (χ4v) is 2.84. The molecule has 0 spiro atoms. The van der Waals surface area contributed by atoms with Crippen LogP contribution in [0.2, 0.25) is 0 Å². The first-order chi connectivity index (χ1) is 13.7. The van der Waals surface area contributed by atoms with E-state index in [1.807, 2.05) is 30.3 Å². The Morgan fingerprint density at radius 2 is 1.57 bits per heavy atom. The van der Waals surface area contributed by atoms with Gasteiger partial charge in [0.15, 0.2) is 11.6 Å². The summed E-state index contributed by atoms with van der Waals surface area (Å²) in [4.78, 5) is 26.5. The highest BCUT2D eigenvalue weighted by Crippen LogP contribution is 2.31. The zero-order chi connectivity index (χ0) is 19.5. The normalized spacial score (nSPS) is 10.6. The third-order valence-corrected chi connectivity index (χ3v) is 4.23. The molecule has 0 aliphatic carbocycles.